The zero-order chi connectivity index (χ0) is 19.0. The summed E-state index contributed by atoms with van der Waals surface area (Å²) in [5.41, 5.74) is 0.373. The molecule has 3 aliphatic heterocycles. The summed E-state index contributed by atoms with van der Waals surface area (Å²) in [5, 5.41) is 2.67. The topological polar surface area (TPSA) is 96.0 Å². The molecular weight excluding hydrogens is 350 g/mol. The van der Waals surface area contributed by atoms with E-state index in [2.05, 4.69) is 5.32 Å². The number of carbonyl (C=O) groups excluding carboxylic acids is 4. The van der Waals surface area contributed by atoms with Crippen molar-refractivity contribution in [1.82, 2.24) is 15.1 Å². The van der Waals surface area contributed by atoms with E-state index in [1.807, 2.05) is 0 Å². The molecule has 0 unspecified atom stereocenters. The molecule has 2 fully saturated rings. The molecule has 1 aromatic carbocycles. The molecule has 4 amide bonds. The Kier molecular flexibility index (Phi) is 4.33. The molecule has 1 aromatic rings. The van der Waals surface area contributed by atoms with Crippen LogP contribution in [0.1, 0.15) is 46.4 Å². The Bertz CT molecular complexity index is 778. The van der Waals surface area contributed by atoms with Crippen molar-refractivity contribution in [2.24, 2.45) is 0 Å². The van der Waals surface area contributed by atoms with Crippen LogP contribution in [-0.4, -0.2) is 65.4 Å². The van der Waals surface area contributed by atoms with Gasteiger partial charge >= 0.3 is 6.09 Å². The molecule has 0 atom stereocenters. The first-order valence-corrected chi connectivity index (χ1v) is 9.19. The fraction of sp³-hybridized carbons (Fsp3) is 0.474. The van der Waals surface area contributed by atoms with Crippen LogP contribution in [0.15, 0.2) is 24.3 Å². The van der Waals surface area contributed by atoms with Crippen molar-refractivity contribution in [2.45, 2.75) is 31.3 Å². The summed E-state index contributed by atoms with van der Waals surface area (Å²) < 4.78 is 5.35. The maximum atomic E-state index is 12.4. The zero-order valence-corrected chi connectivity index (χ0v) is 14.9. The Balaban J connectivity index is 1.26. The number of imide groups is 1. The van der Waals surface area contributed by atoms with Crippen molar-refractivity contribution in [1.29, 1.82) is 0 Å². The summed E-state index contributed by atoms with van der Waals surface area (Å²) in [6.45, 7) is 1.81. The third-order valence-electron chi connectivity index (χ3n) is 5.54. The van der Waals surface area contributed by atoms with Gasteiger partial charge in [0.1, 0.15) is 5.60 Å². The monoisotopic (exact) mass is 371 g/mol. The Morgan fingerprint density at radius 3 is 2.26 bits per heavy atom. The quantitative estimate of drug-likeness (QED) is 0.802. The molecule has 2 saturated heterocycles. The summed E-state index contributed by atoms with van der Waals surface area (Å²) in [6, 6.07) is 6.76. The molecule has 8 heteroatoms. The van der Waals surface area contributed by atoms with Gasteiger partial charge in [-0.2, -0.15) is 0 Å². The highest BCUT2D eigenvalue weighted by Crippen LogP contribution is 2.29. The van der Waals surface area contributed by atoms with Gasteiger partial charge in [0.15, 0.2) is 0 Å². The summed E-state index contributed by atoms with van der Waals surface area (Å²) in [5.74, 6) is -0.587. The number of fused-ring (bicyclic) bond motifs is 1. The van der Waals surface area contributed by atoms with Crippen LogP contribution in [-0.2, 0) is 9.53 Å². The number of carbonyl (C=O) groups is 4. The second kappa shape index (κ2) is 6.68. The number of amides is 4. The fourth-order valence-corrected chi connectivity index (χ4v) is 3.93. The number of nitrogens with zero attached hydrogens (tertiary/aromatic N) is 2. The van der Waals surface area contributed by atoms with Gasteiger partial charge in [0.2, 0.25) is 5.91 Å². The lowest BCUT2D eigenvalue weighted by atomic mass is 9.91. The number of ether oxygens (including phenoxy) is 1. The Hall–Kier alpha value is -2.90. The summed E-state index contributed by atoms with van der Waals surface area (Å²) in [7, 11) is 0. The molecular formula is C19H21N3O5. The van der Waals surface area contributed by atoms with Gasteiger partial charge in [-0.3, -0.25) is 19.3 Å². The van der Waals surface area contributed by atoms with Gasteiger partial charge in [0.25, 0.3) is 11.8 Å². The molecule has 27 heavy (non-hydrogen) atoms. The number of rotatable bonds is 4. The largest absolute Gasteiger partial charge is 0.441 e. The minimum absolute atomic E-state index is 0.00117. The lowest BCUT2D eigenvalue weighted by molar-refractivity contribution is -0.134. The Labute approximate surface area is 156 Å². The number of benzene rings is 1. The van der Waals surface area contributed by atoms with E-state index in [4.69, 9.17) is 4.74 Å². The predicted octanol–water partition coefficient (Wildman–Crippen LogP) is 1.16. The van der Waals surface area contributed by atoms with Crippen molar-refractivity contribution in [3.05, 3.63) is 35.4 Å². The first-order valence-electron chi connectivity index (χ1n) is 9.19. The fourth-order valence-electron chi connectivity index (χ4n) is 3.93. The van der Waals surface area contributed by atoms with Crippen LogP contribution < -0.4 is 5.32 Å². The molecule has 142 valence electrons. The predicted molar refractivity (Wildman–Crippen MR) is 94.1 cm³/mol. The molecule has 0 radical (unpaired) electrons. The first-order chi connectivity index (χ1) is 13.0. The Morgan fingerprint density at radius 2 is 1.70 bits per heavy atom. The van der Waals surface area contributed by atoms with E-state index in [9.17, 15) is 19.2 Å². The van der Waals surface area contributed by atoms with E-state index < -0.39 is 11.7 Å². The third-order valence-corrected chi connectivity index (χ3v) is 5.54. The number of hydrogen-bond donors (Lipinski definition) is 1. The summed E-state index contributed by atoms with van der Waals surface area (Å²) in [6.07, 6.45) is 1.56. The number of piperidine rings is 1. The molecule has 3 heterocycles. The van der Waals surface area contributed by atoms with E-state index in [1.165, 1.54) is 4.90 Å². The maximum absolute atomic E-state index is 12.4. The van der Waals surface area contributed by atoms with E-state index in [-0.39, 0.29) is 30.7 Å². The van der Waals surface area contributed by atoms with Gasteiger partial charge in [-0.25, -0.2) is 4.79 Å². The molecule has 3 aliphatic rings. The summed E-state index contributed by atoms with van der Waals surface area (Å²) >= 11 is 0. The number of nitrogens with one attached hydrogen (secondary N) is 1. The molecule has 0 saturated carbocycles. The van der Waals surface area contributed by atoms with Crippen molar-refractivity contribution in [3.8, 4) is 0 Å². The van der Waals surface area contributed by atoms with Gasteiger partial charge in [0, 0.05) is 38.9 Å². The van der Waals surface area contributed by atoms with E-state index in [0.717, 1.165) is 0 Å². The molecule has 4 rings (SSSR count). The molecule has 8 nitrogen and oxygen atoms in total. The minimum atomic E-state index is -0.478. The van der Waals surface area contributed by atoms with Crippen LogP contribution in [0.3, 0.4) is 0 Å². The van der Waals surface area contributed by atoms with Gasteiger partial charge in [-0.1, -0.05) is 12.1 Å². The van der Waals surface area contributed by atoms with E-state index >= 15 is 0 Å². The highest BCUT2D eigenvalue weighted by molar-refractivity contribution is 6.21. The normalized spacial score (nSPS) is 20.7. The average molecular weight is 371 g/mol. The standard InChI is InChI=1S/C19H21N3O5/c23-15(21-10-7-19(8-11-21)12-20-18(26)27-19)6-3-9-22-16(24)13-4-1-2-5-14(13)17(22)25/h1-2,4-5H,3,6-12H2,(H,20,26). The van der Waals surface area contributed by atoms with Crippen molar-refractivity contribution in [3.63, 3.8) is 0 Å². The van der Waals surface area contributed by atoms with Gasteiger partial charge in [0.05, 0.1) is 17.7 Å². The van der Waals surface area contributed by atoms with Crippen LogP contribution in [0.4, 0.5) is 4.79 Å². The second-order valence-corrected chi connectivity index (χ2v) is 7.22. The average Bonchev–Trinajstić information content (AvgIpc) is 3.15. The SMILES string of the molecule is O=C1NCC2(CCN(C(=O)CCCN3C(=O)c4ccccc4C3=O)CC2)O1. The Morgan fingerprint density at radius 1 is 1.07 bits per heavy atom. The molecule has 0 aliphatic carbocycles. The lowest BCUT2D eigenvalue weighted by Crippen LogP contribution is -2.48. The van der Waals surface area contributed by atoms with Crippen LogP contribution >= 0.6 is 0 Å². The highest BCUT2D eigenvalue weighted by Gasteiger charge is 2.43. The number of likely N-dealkylation sites (tertiary alicyclic amines) is 1. The number of hydrogen-bond acceptors (Lipinski definition) is 5. The maximum Gasteiger partial charge on any atom is 0.407 e. The van der Waals surface area contributed by atoms with Gasteiger partial charge < -0.3 is 15.0 Å². The summed E-state index contributed by atoms with van der Waals surface area (Å²) in [4.78, 5) is 51.3. The van der Waals surface area contributed by atoms with E-state index in [0.29, 0.717) is 50.0 Å². The van der Waals surface area contributed by atoms with E-state index in [1.54, 1.807) is 29.2 Å². The van der Waals surface area contributed by atoms with Crippen molar-refractivity contribution >= 4 is 23.8 Å². The molecule has 1 spiro atoms. The van der Waals surface area contributed by atoms with Crippen molar-refractivity contribution in [2.75, 3.05) is 26.2 Å². The van der Waals surface area contributed by atoms with Crippen LogP contribution in [0.2, 0.25) is 0 Å². The first kappa shape index (κ1) is 17.5. The van der Waals surface area contributed by atoms with Crippen LogP contribution in [0.5, 0.6) is 0 Å². The van der Waals surface area contributed by atoms with Crippen LogP contribution in [0.25, 0.3) is 0 Å². The van der Waals surface area contributed by atoms with Gasteiger partial charge in [-0.15, -0.1) is 0 Å². The van der Waals surface area contributed by atoms with Crippen LogP contribution in [0, 0.1) is 0 Å². The van der Waals surface area contributed by atoms with Gasteiger partial charge in [-0.05, 0) is 18.6 Å². The number of alkyl carbamates (subject to hydrolysis) is 1. The molecule has 1 N–H and O–H groups in total. The second-order valence-electron chi connectivity index (χ2n) is 7.22. The zero-order valence-electron chi connectivity index (χ0n) is 14.9. The third kappa shape index (κ3) is 3.15. The van der Waals surface area contributed by atoms with Crippen molar-refractivity contribution < 1.29 is 23.9 Å². The molecule has 0 aromatic heterocycles. The highest BCUT2D eigenvalue weighted by atomic mass is 16.6. The smallest absolute Gasteiger partial charge is 0.407 e. The molecule has 0 bridgehead atoms. The minimum Gasteiger partial charge on any atom is -0.441 e. The lowest BCUT2D eigenvalue weighted by Gasteiger charge is -2.37.